The van der Waals surface area contributed by atoms with Crippen LogP contribution in [0.1, 0.15) is 15.9 Å². The zero-order valence-corrected chi connectivity index (χ0v) is 16.3. The van der Waals surface area contributed by atoms with Crippen molar-refractivity contribution in [2.75, 3.05) is 0 Å². The van der Waals surface area contributed by atoms with Gasteiger partial charge in [-0.3, -0.25) is 9.59 Å². The lowest BCUT2D eigenvalue weighted by Crippen LogP contribution is -2.30. The van der Waals surface area contributed by atoms with Crippen molar-refractivity contribution in [3.8, 4) is 0 Å². The highest BCUT2D eigenvalue weighted by Gasteiger charge is 2.23. The van der Waals surface area contributed by atoms with Crippen LogP contribution in [0.5, 0.6) is 0 Å². The fourth-order valence-electron chi connectivity index (χ4n) is 2.41. The first-order valence-corrected chi connectivity index (χ1v) is 10.00. The molecule has 0 heterocycles. The minimum absolute atomic E-state index is 0.00953. The molecule has 0 unspecified atom stereocenters. The normalized spacial score (nSPS) is 15.8. The van der Waals surface area contributed by atoms with Crippen LogP contribution in [-0.2, 0) is 14.8 Å². The Morgan fingerprint density at radius 1 is 1.00 bits per heavy atom. The van der Waals surface area contributed by atoms with Gasteiger partial charge in [-0.15, -0.1) is 0 Å². The van der Waals surface area contributed by atoms with Crippen molar-refractivity contribution in [3.05, 3.63) is 88.6 Å². The summed E-state index contributed by atoms with van der Waals surface area (Å²) >= 11 is 5.93. The third kappa shape index (κ3) is 4.44. The summed E-state index contributed by atoms with van der Waals surface area (Å²) in [5.41, 5.74) is 1.03. The summed E-state index contributed by atoms with van der Waals surface area (Å²) in [6, 6.07) is 14.5. The lowest BCUT2D eigenvalue weighted by Gasteiger charge is -2.13. The Hall–Kier alpha value is -3.03. The van der Waals surface area contributed by atoms with Gasteiger partial charge in [-0.2, -0.15) is 12.8 Å². The van der Waals surface area contributed by atoms with E-state index in [0.717, 1.165) is 11.6 Å². The molecule has 0 spiro atoms. The maximum absolute atomic E-state index is 12.5. The molecule has 0 atom stereocenters. The number of hydrogen-bond acceptors (Lipinski definition) is 4. The van der Waals surface area contributed by atoms with Crippen LogP contribution in [0.15, 0.2) is 86.8 Å². The Bertz CT molecular complexity index is 1130. The van der Waals surface area contributed by atoms with E-state index in [4.69, 9.17) is 11.6 Å². The SMILES string of the molecule is Cc1ccc(S(=O)(=O)/N=C2\C=C(Cl)C(=O)C(NC(=O)c3ccccc3)=C2)cc1. The smallest absolute Gasteiger partial charge is 0.282 e. The molecule has 0 fully saturated rings. The van der Waals surface area contributed by atoms with Crippen molar-refractivity contribution in [3.63, 3.8) is 0 Å². The highest BCUT2D eigenvalue weighted by atomic mass is 35.5. The Labute approximate surface area is 167 Å². The fraction of sp³-hybridized carbons (Fsp3) is 0.0500. The molecule has 0 bridgehead atoms. The van der Waals surface area contributed by atoms with Crippen molar-refractivity contribution in [1.82, 2.24) is 5.32 Å². The number of benzene rings is 2. The average Bonchev–Trinajstić information content (AvgIpc) is 2.66. The van der Waals surface area contributed by atoms with E-state index in [2.05, 4.69) is 9.71 Å². The van der Waals surface area contributed by atoms with E-state index in [1.807, 2.05) is 6.92 Å². The number of sulfonamides is 1. The first-order chi connectivity index (χ1) is 13.3. The molecule has 2 aromatic carbocycles. The quantitative estimate of drug-likeness (QED) is 0.778. The van der Waals surface area contributed by atoms with Crippen LogP contribution >= 0.6 is 11.6 Å². The lowest BCUT2D eigenvalue weighted by atomic mass is 10.1. The number of rotatable bonds is 4. The van der Waals surface area contributed by atoms with E-state index >= 15 is 0 Å². The largest absolute Gasteiger partial charge is 0.319 e. The van der Waals surface area contributed by atoms with Crippen molar-refractivity contribution in [2.24, 2.45) is 4.40 Å². The third-order valence-electron chi connectivity index (χ3n) is 3.86. The molecule has 0 saturated heterocycles. The van der Waals surface area contributed by atoms with Gasteiger partial charge in [0.05, 0.1) is 21.3 Å². The molecule has 0 aliphatic heterocycles. The summed E-state index contributed by atoms with van der Waals surface area (Å²) < 4.78 is 28.7. The number of carbonyl (C=O) groups is 2. The third-order valence-corrected chi connectivity index (χ3v) is 5.46. The molecular formula is C20H15ClN2O4S. The molecule has 0 aromatic heterocycles. The topological polar surface area (TPSA) is 92.7 Å². The van der Waals surface area contributed by atoms with Crippen molar-refractivity contribution in [1.29, 1.82) is 0 Å². The summed E-state index contributed by atoms with van der Waals surface area (Å²) in [4.78, 5) is 24.5. The van der Waals surface area contributed by atoms with Gasteiger partial charge >= 0.3 is 0 Å². The number of carbonyl (C=O) groups excluding carboxylic acids is 2. The number of aryl methyl sites for hydroxylation is 1. The van der Waals surface area contributed by atoms with E-state index in [-0.39, 0.29) is 21.3 Å². The maximum Gasteiger partial charge on any atom is 0.282 e. The van der Waals surface area contributed by atoms with Crippen LogP contribution in [0.25, 0.3) is 0 Å². The van der Waals surface area contributed by atoms with E-state index in [9.17, 15) is 18.0 Å². The fourth-order valence-corrected chi connectivity index (χ4v) is 3.59. The van der Waals surface area contributed by atoms with Gasteiger partial charge in [0.25, 0.3) is 15.9 Å². The molecule has 0 radical (unpaired) electrons. The predicted octanol–water partition coefficient (Wildman–Crippen LogP) is 3.14. The molecule has 2 aromatic rings. The Kier molecular flexibility index (Phi) is 5.58. The van der Waals surface area contributed by atoms with Crippen LogP contribution < -0.4 is 5.32 Å². The van der Waals surface area contributed by atoms with Gasteiger partial charge in [0.2, 0.25) is 5.78 Å². The number of nitrogens with one attached hydrogen (secondary N) is 1. The van der Waals surface area contributed by atoms with Gasteiger partial charge in [-0.1, -0.05) is 47.5 Å². The van der Waals surface area contributed by atoms with E-state index < -0.39 is 21.7 Å². The van der Waals surface area contributed by atoms with Crippen LogP contribution in [-0.4, -0.2) is 25.8 Å². The number of halogens is 1. The Morgan fingerprint density at radius 3 is 2.29 bits per heavy atom. The first kappa shape index (κ1) is 19.7. The minimum atomic E-state index is -4.01. The maximum atomic E-state index is 12.5. The molecule has 6 nitrogen and oxygen atoms in total. The average molecular weight is 415 g/mol. The summed E-state index contributed by atoms with van der Waals surface area (Å²) in [5.74, 6) is -1.15. The summed E-state index contributed by atoms with van der Waals surface area (Å²) in [7, 11) is -4.01. The molecule has 1 aliphatic carbocycles. The highest BCUT2D eigenvalue weighted by Crippen LogP contribution is 2.19. The van der Waals surface area contributed by atoms with Crippen LogP contribution in [0.3, 0.4) is 0 Å². The van der Waals surface area contributed by atoms with E-state index in [1.165, 1.54) is 18.2 Å². The second kappa shape index (κ2) is 7.92. The Balaban J connectivity index is 1.92. The highest BCUT2D eigenvalue weighted by molar-refractivity contribution is 7.90. The van der Waals surface area contributed by atoms with E-state index in [1.54, 1.807) is 42.5 Å². The molecule has 8 heteroatoms. The van der Waals surface area contributed by atoms with Gasteiger partial charge in [0, 0.05) is 5.56 Å². The zero-order valence-electron chi connectivity index (χ0n) is 14.7. The van der Waals surface area contributed by atoms with Gasteiger partial charge in [0.1, 0.15) is 0 Å². The summed E-state index contributed by atoms with van der Waals surface area (Å²) in [6.07, 6.45) is 2.33. The molecule has 1 amide bonds. The van der Waals surface area contributed by atoms with Crippen LogP contribution in [0, 0.1) is 6.92 Å². The van der Waals surface area contributed by atoms with Crippen LogP contribution in [0.2, 0.25) is 0 Å². The van der Waals surface area contributed by atoms with Crippen molar-refractivity contribution in [2.45, 2.75) is 11.8 Å². The lowest BCUT2D eigenvalue weighted by molar-refractivity contribution is -0.112. The second-order valence-corrected chi connectivity index (χ2v) is 8.02. The number of ketones is 1. The first-order valence-electron chi connectivity index (χ1n) is 8.18. The summed E-state index contributed by atoms with van der Waals surface area (Å²) in [5, 5.41) is 2.20. The standard InChI is InChI=1S/C20H15ClN2O4S/c1-13-7-9-16(10-8-13)28(26,27)23-15-11-17(21)19(24)18(12-15)22-20(25)14-5-3-2-4-6-14/h2-12H,1H3,(H,22,25)/b23-15+. The van der Waals surface area contributed by atoms with Crippen molar-refractivity contribution < 1.29 is 18.0 Å². The second-order valence-electron chi connectivity index (χ2n) is 6.00. The van der Waals surface area contributed by atoms with Gasteiger partial charge < -0.3 is 5.32 Å². The molecule has 0 saturated carbocycles. The Morgan fingerprint density at radius 2 is 1.64 bits per heavy atom. The number of amides is 1. The molecule has 28 heavy (non-hydrogen) atoms. The molecule has 1 aliphatic rings. The molecule has 3 rings (SSSR count). The zero-order chi connectivity index (χ0) is 20.3. The summed E-state index contributed by atoms with van der Waals surface area (Å²) in [6.45, 7) is 1.84. The molecule has 1 N–H and O–H groups in total. The van der Waals surface area contributed by atoms with Gasteiger partial charge in [-0.05, 0) is 43.3 Å². The van der Waals surface area contributed by atoms with Crippen molar-refractivity contribution >= 4 is 39.0 Å². The monoisotopic (exact) mass is 414 g/mol. The number of Topliss-reactive ketones (excluding diaryl/α,β-unsaturated/α-hetero) is 1. The minimum Gasteiger partial charge on any atom is -0.319 e. The number of hydrogen-bond donors (Lipinski definition) is 1. The molecular weight excluding hydrogens is 400 g/mol. The predicted molar refractivity (Wildman–Crippen MR) is 107 cm³/mol. The number of nitrogens with zero attached hydrogens (tertiary/aromatic N) is 1. The van der Waals surface area contributed by atoms with Crippen LogP contribution in [0.4, 0.5) is 0 Å². The molecule has 142 valence electrons. The number of allylic oxidation sites excluding steroid dienone is 3. The van der Waals surface area contributed by atoms with Gasteiger partial charge in [0.15, 0.2) is 0 Å². The van der Waals surface area contributed by atoms with E-state index in [0.29, 0.717) is 5.56 Å². The van der Waals surface area contributed by atoms with Gasteiger partial charge in [-0.25, -0.2) is 0 Å².